The van der Waals surface area contributed by atoms with E-state index in [0.717, 1.165) is 21.7 Å². The van der Waals surface area contributed by atoms with Crippen molar-refractivity contribution in [3.05, 3.63) is 63.1 Å². The Kier molecular flexibility index (Phi) is 5.89. The molecule has 0 fully saturated rings. The van der Waals surface area contributed by atoms with Gasteiger partial charge in [0.25, 0.3) is 11.5 Å². The molecule has 0 atom stereocenters. The second-order valence-electron chi connectivity index (χ2n) is 5.91. The average Bonchev–Trinajstić information content (AvgIpc) is 2.54. The Bertz CT molecular complexity index is 811. The molecule has 1 amide bonds. The van der Waals surface area contributed by atoms with Crippen LogP contribution in [0.25, 0.3) is 0 Å². The molecule has 0 N–H and O–H groups in total. The zero-order valence-electron chi connectivity index (χ0n) is 14.9. The Balaban J connectivity index is 2.33. The molecule has 0 radical (unpaired) electrons. The summed E-state index contributed by atoms with van der Waals surface area (Å²) in [6, 6.07) is 10.00. The van der Waals surface area contributed by atoms with Gasteiger partial charge in [-0.05, 0) is 56.4 Å². The van der Waals surface area contributed by atoms with E-state index in [-0.39, 0.29) is 17.0 Å². The molecule has 5 heteroatoms. The van der Waals surface area contributed by atoms with Crippen molar-refractivity contribution in [1.29, 1.82) is 0 Å². The van der Waals surface area contributed by atoms with E-state index in [4.69, 9.17) is 0 Å². The van der Waals surface area contributed by atoms with E-state index in [9.17, 15) is 9.59 Å². The summed E-state index contributed by atoms with van der Waals surface area (Å²) in [5, 5.41) is 0. The molecule has 2 aromatic rings. The lowest BCUT2D eigenvalue weighted by atomic mass is 10.1. The second kappa shape index (κ2) is 7.71. The number of thioether (sulfide) groups is 1. The summed E-state index contributed by atoms with van der Waals surface area (Å²) >= 11 is 1.67. The summed E-state index contributed by atoms with van der Waals surface area (Å²) < 4.78 is 1.64. The molecule has 0 saturated heterocycles. The van der Waals surface area contributed by atoms with Crippen molar-refractivity contribution < 1.29 is 4.79 Å². The Hall–Kier alpha value is -2.01. The van der Waals surface area contributed by atoms with Gasteiger partial charge < -0.3 is 9.47 Å². The van der Waals surface area contributed by atoms with Gasteiger partial charge in [0.05, 0.1) is 0 Å². The first-order valence-electron chi connectivity index (χ1n) is 7.98. The first kappa shape index (κ1) is 18.3. The molecule has 2 rings (SSSR count). The summed E-state index contributed by atoms with van der Waals surface area (Å²) in [6.45, 7) is 6.67. The fourth-order valence-corrected chi connectivity index (χ4v) is 3.37. The third-order valence-electron chi connectivity index (χ3n) is 4.14. The van der Waals surface area contributed by atoms with Crippen LogP contribution < -0.4 is 5.56 Å². The fourth-order valence-electron chi connectivity index (χ4n) is 2.89. The van der Waals surface area contributed by atoms with Crippen molar-refractivity contribution in [3.8, 4) is 0 Å². The number of carbonyl (C=O) groups is 1. The van der Waals surface area contributed by atoms with Gasteiger partial charge in [0.2, 0.25) is 0 Å². The summed E-state index contributed by atoms with van der Waals surface area (Å²) in [7, 11) is 1.74. The Morgan fingerprint density at radius 2 is 1.96 bits per heavy atom. The standard InChI is InChI=1S/C19H24N2O2S/c1-6-21-14(3)10-13(2)17(19(21)23)18(22)20(4)12-15-8-7-9-16(11-15)24-5/h7-11H,6,12H2,1-5H3. The van der Waals surface area contributed by atoms with Gasteiger partial charge in [0.1, 0.15) is 5.56 Å². The largest absolute Gasteiger partial charge is 0.337 e. The molecule has 0 saturated carbocycles. The maximum absolute atomic E-state index is 12.8. The van der Waals surface area contributed by atoms with E-state index in [0.29, 0.717) is 13.1 Å². The summed E-state index contributed by atoms with van der Waals surface area (Å²) in [5.74, 6) is -0.228. The predicted molar refractivity (Wildman–Crippen MR) is 99.9 cm³/mol. The number of benzene rings is 1. The highest BCUT2D eigenvalue weighted by atomic mass is 32.2. The third-order valence-corrected chi connectivity index (χ3v) is 4.86. The second-order valence-corrected chi connectivity index (χ2v) is 6.79. The van der Waals surface area contributed by atoms with Crippen LogP contribution in [0.3, 0.4) is 0 Å². The number of carbonyl (C=O) groups excluding carboxylic acids is 1. The molecule has 0 bridgehead atoms. The minimum atomic E-state index is -0.228. The highest BCUT2D eigenvalue weighted by Gasteiger charge is 2.20. The molecule has 0 aliphatic carbocycles. The normalized spacial score (nSPS) is 10.7. The highest BCUT2D eigenvalue weighted by Crippen LogP contribution is 2.17. The molecule has 24 heavy (non-hydrogen) atoms. The van der Waals surface area contributed by atoms with E-state index in [2.05, 4.69) is 6.07 Å². The monoisotopic (exact) mass is 344 g/mol. The van der Waals surface area contributed by atoms with Crippen LogP contribution in [-0.2, 0) is 13.1 Å². The molecule has 0 aliphatic rings. The number of hydrogen-bond donors (Lipinski definition) is 0. The molecular weight excluding hydrogens is 320 g/mol. The minimum Gasteiger partial charge on any atom is -0.337 e. The summed E-state index contributed by atoms with van der Waals surface area (Å²) in [6.07, 6.45) is 2.02. The zero-order chi connectivity index (χ0) is 17.9. The number of pyridine rings is 1. The van der Waals surface area contributed by atoms with Gasteiger partial charge in [0, 0.05) is 30.7 Å². The van der Waals surface area contributed by atoms with Crippen LogP contribution in [-0.4, -0.2) is 28.7 Å². The van der Waals surface area contributed by atoms with E-state index < -0.39 is 0 Å². The van der Waals surface area contributed by atoms with Gasteiger partial charge in [-0.1, -0.05) is 12.1 Å². The van der Waals surface area contributed by atoms with E-state index in [1.54, 1.807) is 28.3 Å². The third kappa shape index (κ3) is 3.73. The number of nitrogens with zero attached hydrogens (tertiary/aromatic N) is 2. The van der Waals surface area contributed by atoms with E-state index in [1.807, 2.05) is 51.3 Å². The lowest BCUT2D eigenvalue weighted by Gasteiger charge is -2.20. The lowest BCUT2D eigenvalue weighted by molar-refractivity contribution is 0.0782. The molecule has 1 aromatic carbocycles. The summed E-state index contributed by atoms with van der Waals surface area (Å²) in [4.78, 5) is 28.3. The molecular formula is C19H24N2O2S. The van der Waals surface area contributed by atoms with Crippen LogP contribution >= 0.6 is 11.8 Å². The Morgan fingerprint density at radius 3 is 2.58 bits per heavy atom. The molecule has 1 heterocycles. The smallest absolute Gasteiger partial charge is 0.263 e. The van der Waals surface area contributed by atoms with Gasteiger partial charge in [0.15, 0.2) is 0 Å². The number of aryl methyl sites for hydroxylation is 2. The zero-order valence-corrected chi connectivity index (χ0v) is 15.7. The van der Waals surface area contributed by atoms with E-state index >= 15 is 0 Å². The number of rotatable bonds is 5. The fraction of sp³-hybridized carbons (Fsp3) is 0.368. The predicted octanol–water partition coefficient (Wildman–Crippen LogP) is 3.48. The summed E-state index contributed by atoms with van der Waals surface area (Å²) in [5.41, 5.74) is 2.73. The SMILES string of the molecule is CCn1c(C)cc(C)c(C(=O)N(C)Cc2cccc(SC)c2)c1=O. The van der Waals surface area contributed by atoms with Crippen molar-refractivity contribution >= 4 is 17.7 Å². The first-order valence-corrected chi connectivity index (χ1v) is 9.21. The van der Waals surface area contributed by atoms with Crippen LogP contribution in [0, 0.1) is 13.8 Å². The number of amides is 1. The molecule has 0 aliphatic heterocycles. The Labute approximate surface area is 147 Å². The molecule has 128 valence electrons. The van der Waals surface area contributed by atoms with Crippen molar-refractivity contribution in [2.75, 3.05) is 13.3 Å². The van der Waals surface area contributed by atoms with Crippen molar-refractivity contribution in [2.45, 2.75) is 38.8 Å². The van der Waals surface area contributed by atoms with Crippen LogP contribution in [0.1, 0.15) is 34.1 Å². The Morgan fingerprint density at radius 1 is 1.25 bits per heavy atom. The van der Waals surface area contributed by atoms with Gasteiger partial charge >= 0.3 is 0 Å². The van der Waals surface area contributed by atoms with Crippen LogP contribution in [0.2, 0.25) is 0 Å². The molecule has 0 unspecified atom stereocenters. The molecule has 4 nitrogen and oxygen atoms in total. The van der Waals surface area contributed by atoms with Gasteiger partial charge in [-0.2, -0.15) is 0 Å². The topological polar surface area (TPSA) is 42.3 Å². The van der Waals surface area contributed by atoms with Crippen LogP contribution in [0.15, 0.2) is 40.0 Å². The maximum atomic E-state index is 12.8. The van der Waals surface area contributed by atoms with Crippen LogP contribution in [0.5, 0.6) is 0 Å². The first-order chi connectivity index (χ1) is 11.4. The van der Waals surface area contributed by atoms with Crippen molar-refractivity contribution in [2.24, 2.45) is 0 Å². The quantitative estimate of drug-likeness (QED) is 0.780. The molecule has 0 spiro atoms. The number of hydrogen-bond acceptors (Lipinski definition) is 3. The van der Waals surface area contributed by atoms with Crippen molar-refractivity contribution in [1.82, 2.24) is 9.47 Å². The van der Waals surface area contributed by atoms with Gasteiger partial charge in [-0.25, -0.2) is 0 Å². The van der Waals surface area contributed by atoms with Crippen molar-refractivity contribution in [3.63, 3.8) is 0 Å². The lowest BCUT2D eigenvalue weighted by Crippen LogP contribution is -2.35. The number of aromatic nitrogens is 1. The van der Waals surface area contributed by atoms with Gasteiger partial charge in [-0.15, -0.1) is 11.8 Å². The average molecular weight is 344 g/mol. The van der Waals surface area contributed by atoms with Gasteiger partial charge in [-0.3, -0.25) is 9.59 Å². The van der Waals surface area contributed by atoms with E-state index in [1.165, 1.54) is 0 Å². The van der Waals surface area contributed by atoms with Crippen LogP contribution in [0.4, 0.5) is 0 Å². The minimum absolute atomic E-state index is 0.204. The highest BCUT2D eigenvalue weighted by molar-refractivity contribution is 7.98. The maximum Gasteiger partial charge on any atom is 0.263 e. The molecule has 1 aromatic heterocycles.